The topological polar surface area (TPSA) is 93.9 Å². The van der Waals surface area contributed by atoms with Gasteiger partial charge in [-0.2, -0.15) is 10.5 Å². The first kappa shape index (κ1) is 14.8. The van der Waals surface area contributed by atoms with E-state index >= 15 is 0 Å². The maximum absolute atomic E-state index is 12.2. The molecule has 0 saturated carbocycles. The van der Waals surface area contributed by atoms with Crippen LogP contribution in [0.25, 0.3) is 0 Å². The summed E-state index contributed by atoms with van der Waals surface area (Å²) in [6.07, 6.45) is 0.444. The van der Waals surface area contributed by atoms with Gasteiger partial charge in [-0.05, 0) is 18.2 Å². The van der Waals surface area contributed by atoms with Crippen molar-refractivity contribution in [3.05, 3.63) is 28.8 Å². The highest BCUT2D eigenvalue weighted by molar-refractivity contribution is 6.33. The van der Waals surface area contributed by atoms with Crippen LogP contribution in [0.5, 0.6) is 0 Å². The monoisotopic (exact) mass is 276 g/mol. The van der Waals surface area contributed by atoms with Gasteiger partial charge < -0.3 is 10.6 Å². The van der Waals surface area contributed by atoms with Gasteiger partial charge in [-0.15, -0.1) is 0 Å². The van der Waals surface area contributed by atoms with Gasteiger partial charge in [0, 0.05) is 18.7 Å². The number of nitrogen functional groups attached to an aromatic ring is 1. The standard InChI is InChI=1S/C13H13ClN4O/c14-11-9-10(3-4-12(11)17)13(19)18(7-1-5-15)8-2-6-16/h3-4,9H,1-2,7-8,17H2. The molecule has 2 N–H and O–H groups in total. The molecule has 1 aromatic rings. The first-order valence-corrected chi connectivity index (χ1v) is 6.06. The zero-order chi connectivity index (χ0) is 14.3. The Bertz CT molecular complexity index is 527. The largest absolute Gasteiger partial charge is 0.398 e. The Morgan fingerprint density at radius 3 is 2.32 bits per heavy atom. The fraction of sp³-hybridized carbons (Fsp3) is 0.308. The lowest BCUT2D eigenvalue weighted by Gasteiger charge is -2.20. The Balaban J connectivity index is 2.88. The number of anilines is 1. The van der Waals surface area contributed by atoms with E-state index in [1.54, 1.807) is 12.1 Å². The van der Waals surface area contributed by atoms with Crippen molar-refractivity contribution in [3.8, 4) is 12.1 Å². The van der Waals surface area contributed by atoms with Crippen molar-refractivity contribution in [2.75, 3.05) is 18.8 Å². The van der Waals surface area contributed by atoms with Gasteiger partial charge in [-0.1, -0.05) is 11.6 Å². The predicted octanol–water partition coefficient (Wildman–Crippen LogP) is 2.19. The molecule has 0 aliphatic rings. The van der Waals surface area contributed by atoms with E-state index in [4.69, 9.17) is 27.9 Å². The average molecular weight is 277 g/mol. The lowest BCUT2D eigenvalue weighted by atomic mass is 10.1. The maximum Gasteiger partial charge on any atom is 0.253 e. The fourth-order valence-corrected chi connectivity index (χ4v) is 1.71. The number of nitrogens with zero attached hydrogens (tertiary/aromatic N) is 3. The first-order chi connectivity index (χ1) is 9.10. The predicted molar refractivity (Wildman–Crippen MR) is 72.2 cm³/mol. The minimum Gasteiger partial charge on any atom is -0.398 e. The van der Waals surface area contributed by atoms with E-state index in [1.807, 2.05) is 12.1 Å². The molecule has 0 bridgehead atoms. The molecule has 19 heavy (non-hydrogen) atoms. The zero-order valence-corrected chi connectivity index (χ0v) is 11.0. The highest BCUT2D eigenvalue weighted by Crippen LogP contribution is 2.20. The molecule has 0 fully saturated rings. The van der Waals surface area contributed by atoms with Gasteiger partial charge >= 0.3 is 0 Å². The zero-order valence-electron chi connectivity index (χ0n) is 10.3. The first-order valence-electron chi connectivity index (χ1n) is 5.68. The lowest BCUT2D eigenvalue weighted by molar-refractivity contribution is 0.0762. The van der Waals surface area contributed by atoms with Gasteiger partial charge in [0.05, 0.1) is 35.7 Å². The normalized spacial score (nSPS) is 9.42. The summed E-state index contributed by atoms with van der Waals surface area (Å²) < 4.78 is 0. The summed E-state index contributed by atoms with van der Waals surface area (Å²) in [5.74, 6) is -0.257. The average Bonchev–Trinajstić information content (AvgIpc) is 2.41. The molecule has 6 heteroatoms. The van der Waals surface area contributed by atoms with Crippen LogP contribution in [0.15, 0.2) is 18.2 Å². The molecular weight excluding hydrogens is 264 g/mol. The quantitative estimate of drug-likeness (QED) is 0.834. The molecule has 0 aliphatic carbocycles. The van der Waals surface area contributed by atoms with Crippen LogP contribution in [0.4, 0.5) is 5.69 Å². The molecule has 1 rings (SSSR count). The Kier molecular flexibility index (Phi) is 5.66. The maximum atomic E-state index is 12.2. The summed E-state index contributed by atoms with van der Waals surface area (Å²) in [6.45, 7) is 0.581. The molecule has 0 radical (unpaired) electrons. The smallest absolute Gasteiger partial charge is 0.253 e. The number of nitriles is 2. The molecule has 1 amide bonds. The molecule has 5 nitrogen and oxygen atoms in total. The Labute approximate surface area is 116 Å². The minimum atomic E-state index is -0.257. The molecule has 0 unspecified atom stereocenters. The number of amides is 1. The summed E-state index contributed by atoms with van der Waals surface area (Å²) in [7, 11) is 0. The SMILES string of the molecule is N#CCCN(CCC#N)C(=O)c1ccc(N)c(Cl)c1. The highest BCUT2D eigenvalue weighted by Gasteiger charge is 2.16. The van der Waals surface area contributed by atoms with Crippen LogP contribution in [-0.4, -0.2) is 23.9 Å². The van der Waals surface area contributed by atoms with Gasteiger partial charge in [0.2, 0.25) is 0 Å². The van der Waals surface area contributed by atoms with Crippen LogP contribution in [0.3, 0.4) is 0 Å². The van der Waals surface area contributed by atoms with Crippen molar-refractivity contribution >= 4 is 23.2 Å². The van der Waals surface area contributed by atoms with E-state index in [0.29, 0.717) is 29.4 Å². The number of carbonyl (C=O) groups is 1. The molecule has 0 atom stereocenters. The van der Waals surface area contributed by atoms with Crippen LogP contribution in [0.2, 0.25) is 5.02 Å². The van der Waals surface area contributed by atoms with Gasteiger partial charge in [0.15, 0.2) is 0 Å². The summed E-state index contributed by atoms with van der Waals surface area (Å²) >= 11 is 5.87. The molecule has 0 spiro atoms. The lowest BCUT2D eigenvalue weighted by Crippen LogP contribution is -2.32. The Morgan fingerprint density at radius 1 is 1.26 bits per heavy atom. The fourth-order valence-electron chi connectivity index (χ4n) is 1.53. The van der Waals surface area contributed by atoms with E-state index in [2.05, 4.69) is 0 Å². The molecule has 0 heterocycles. The number of halogens is 1. The molecular formula is C13H13ClN4O. The van der Waals surface area contributed by atoms with Crippen molar-refractivity contribution in [2.24, 2.45) is 0 Å². The Morgan fingerprint density at radius 2 is 1.84 bits per heavy atom. The third-order valence-electron chi connectivity index (χ3n) is 2.52. The van der Waals surface area contributed by atoms with Crippen LogP contribution in [-0.2, 0) is 0 Å². The van der Waals surface area contributed by atoms with Crippen LogP contribution < -0.4 is 5.73 Å². The van der Waals surface area contributed by atoms with Crippen LogP contribution in [0.1, 0.15) is 23.2 Å². The van der Waals surface area contributed by atoms with Crippen molar-refractivity contribution in [1.82, 2.24) is 4.90 Å². The summed E-state index contributed by atoms with van der Waals surface area (Å²) in [6, 6.07) is 8.58. The third-order valence-corrected chi connectivity index (χ3v) is 2.85. The van der Waals surface area contributed by atoms with Crippen molar-refractivity contribution in [2.45, 2.75) is 12.8 Å². The van der Waals surface area contributed by atoms with Gasteiger partial charge in [0.25, 0.3) is 5.91 Å². The van der Waals surface area contributed by atoms with Crippen LogP contribution in [0, 0.1) is 22.7 Å². The summed E-state index contributed by atoms with van der Waals surface area (Å²) in [4.78, 5) is 13.7. The number of carbonyl (C=O) groups excluding carboxylic acids is 1. The number of rotatable bonds is 5. The van der Waals surface area contributed by atoms with Gasteiger partial charge in [-0.3, -0.25) is 4.79 Å². The number of nitrogens with two attached hydrogens (primary N) is 1. The molecule has 0 saturated heterocycles. The second-order valence-electron chi connectivity index (χ2n) is 3.84. The van der Waals surface area contributed by atoms with E-state index < -0.39 is 0 Å². The van der Waals surface area contributed by atoms with E-state index in [1.165, 1.54) is 11.0 Å². The highest BCUT2D eigenvalue weighted by atomic mass is 35.5. The summed E-state index contributed by atoms with van der Waals surface area (Å²) in [5, 5.41) is 17.5. The number of benzene rings is 1. The minimum absolute atomic E-state index is 0.222. The second kappa shape index (κ2) is 7.25. The molecule has 0 aromatic heterocycles. The van der Waals surface area contributed by atoms with Crippen molar-refractivity contribution in [1.29, 1.82) is 10.5 Å². The van der Waals surface area contributed by atoms with Gasteiger partial charge in [-0.25, -0.2) is 0 Å². The number of hydrogen-bond acceptors (Lipinski definition) is 4. The van der Waals surface area contributed by atoms with E-state index in [9.17, 15) is 4.79 Å². The third kappa shape index (κ3) is 4.17. The summed E-state index contributed by atoms with van der Waals surface area (Å²) in [5.41, 5.74) is 6.38. The van der Waals surface area contributed by atoms with Gasteiger partial charge in [0.1, 0.15) is 0 Å². The van der Waals surface area contributed by atoms with Crippen LogP contribution >= 0.6 is 11.6 Å². The second-order valence-corrected chi connectivity index (χ2v) is 4.25. The Hall–Kier alpha value is -2.24. The molecule has 98 valence electrons. The number of hydrogen-bond donors (Lipinski definition) is 1. The van der Waals surface area contributed by atoms with Crippen molar-refractivity contribution in [3.63, 3.8) is 0 Å². The van der Waals surface area contributed by atoms with Crippen molar-refractivity contribution < 1.29 is 4.79 Å². The van der Waals surface area contributed by atoms with E-state index in [-0.39, 0.29) is 18.7 Å². The van der Waals surface area contributed by atoms with E-state index in [0.717, 1.165) is 0 Å². The molecule has 0 aliphatic heterocycles. The molecule has 1 aromatic carbocycles.